The minimum absolute atomic E-state index is 0.153. The van der Waals surface area contributed by atoms with Crippen molar-refractivity contribution in [2.45, 2.75) is 51.5 Å². The predicted molar refractivity (Wildman–Crippen MR) is 86.8 cm³/mol. The Morgan fingerprint density at radius 3 is 2.30 bits per heavy atom. The zero-order valence-electron chi connectivity index (χ0n) is 13.1. The molecule has 2 rings (SSSR count). The Morgan fingerprint density at radius 1 is 1.15 bits per heavy atom. The van der Waals surface area contributed by atoms with Gasteiger partial charge in [-0.15, -0.1) is 0 Å². The molecule has 1 aromatic rings. The van der Waals surface area contributed by atoms with Gasteiger partial charge in [0.15, 0.2) is 0 Å². The number of nitrogens with two attached hydrogens (primary N) is 1. The van der Waals surface area contributed by atoms with Gasteiger partial charge < -0.3 is 5.73 Å². The lowest BCUT2D eigenvalue weighted by Crippen LogP contribution is -2.57. The normalized spacial score (nSPS) is 20.8. The average Bonchev–Trinajstić information content (AvgIpc) is 2.54. The Hall–Kier alpha value is -0.860. The summed E-state index contributed by atoms with van der Waals surface area (Å²) >= 11 is 0. The van der Waals surface area contributed by atoms with Gasteiger partial charge in [0, 0.05) is 12.1 Å². The van der Waals surface area contributed by atoms with Crippen LogP contribution in [0.4, 0.5) is 0 Å². The highest BCUT2D eigenvalue weighted by Gasteiger charge is 2.35. The van der Waals surface area contributed by atoms with E-state index in [1.165, 1.54) is 37.9 Å². The van der Waals surface area contributed by atoms with Gasteiger partial charge in [0.2, 0.25) is 0 Å². The first-order valence-electron chi connectivity index (χ1n) is 8.23. The van der Waals surface area contributed by atoms with E-state index in [2.05, 4.69) is 49.1 Å². The molecule has 1 saturated heterocycles. The third-order valence-electron chi connectivity index (χ3n) is 5.28. The quantitative estimate of drug-likeness (QED) is 0.861. The zero-order chi connectivity index (χ0) is 14.4. The molecule has 1 aliphatic rings. The van der Waals surface area contributed by atoms with Crippen molar-refractivity contribution in [2.75, 3.05) is 19.6 Å². The number of rotatable bonds is 6. The highest BCUT2D eigenvalue weighted by molar-refractivity contribution is 5.18. The summed E-state index contributed by atoms with van der Waals surface area (Å²) in [6.07, 6.45) is 6.22. The van der Waals surface area contributed by atoms with Crippen molar-refractivity contribution in [1.29, 1.82) is 0 Å². The molecule has 0 radical (unpaired) electrons. The van der Waals surface area contributed by atoms with E-state index in [1.807, 2.05) is 0 Å². The summed E-state index contributed by atoms with van der Waals surface area (Å²) in [6, 6.07) is 10.8. The van der Waals surface area contributed by atoms with E-state index in [0.717, 1.165) is 25.3 Å². The maximum Gasteiger partial charge on any atom is 0.0369 e. The van der Waals surface area contributed by atoms with Crippen molar-refractivity contribution in [1.82, 2.24) is 4.90 Å². The van der Waals surface area contributed by atoms with Crippen LogP contribution in [0.2, 0.25) is 0 Å². The van der Waals surface area contributed by atoms with Gasteiger partial charge in [0.1, 0.15) is 0 Å². The number of hydrogen-bond donors (Lipinski definition) is 1. The van der Waals surface area contributed by atoms with E-state index in [4.69, 9.17) is 5.73 Å². The number of piperidine rings is 1. The van der Waals surface area contributed by atoms with E-state index in [-0.39, 0.29) is 5.54 Å². The minimum atomic E-state index is 0.153. The number of nitrogens with zero attached hydrogens (tertiary/aromatic N) is 1. The molecule has 1 aliphatic heterocycles. The summed E-state index contributed by atoms with van der Waals surface area (Å²) in [4.78, 5) is 2.67. The van der Waals surface area contributed by atoms with Crippen LogP contribution in [0.3, 0.4) is 0 Å². The first kappa shape index (κ1) is 15.5. The monoisotopic (exact) mass is 274 g/mol. The van der Waals surface area contributed by atoms with Crippen LogP contribution in [0.1, 0.15) is 45.1 Å². The fraction of sp³-hybridized carbons (Fsp3) is 0.667. The Balaban J connectivity index is 2.09. The number of likely N-dealkylation sites (tertiary alicyclic amines) is 1. The van der Waals surface area contributed by atoms with Crippen molar-refractivity contribution in [3.05, 3.63) is 35.9 Å². The fourth-order valence-electron chi connectivity index (χ4n) is 3.60. The van der Waals surface area contributed by atoms with Crippen LogP contribution in [0, 0.1) is 5.92 Å². The molecule has 2 nitrogen and oxygen atoms in total. The Bertz CT molecular complexity index is 376. The second-order valence-corrected chi connectivity index (χ2v) is 6.28. The summed E-state index contributed by atoms with van der Waals surface area (Å²) in [7, 11) is 0. The van der Waals surface area contributed by atoms with Crippen molar-refractivity contribution < 1.29 is 0 Å². The summed E-state index contributed by atoms with van der Waals surface area (Å²) < 4.78 is 0. The van der Waals surface area contributed by atoms with Gasteiger partial charge in [0.05, 0.1) is 0 Å². The van der Waals surface area contributed by atoms with Crippen molar-refractivity contribution in [2.24, 2.45) is 11.7 Å². The van der Waals surface area contributed by atoms with E-state index in [0.29, 0.717) is 0 Å². The molecule has 20 heavy (non-hydrogen) atoms. The standard InChI is InChI=1S/C18H30N2/c1-3-16-10-12-20(13-11-16)18(4-2,15-19)14-17-8-6-5-7-9-17/h5-9,16H,3-4,10-15,19H2,1-2H3. The van der Waals surface area contributed by atoms with E-state index < -0.39 is 0 Å². The molecule has 2 heteroatoms. The van der Waals surface area contributed by atoms with Gasteiger partial charge in [-0.05, 0) is 50.3 Å². The first-order valence-corrected chi connectivity index (χ1v) is 8.23. The smallest absolute Gasteiger partial charge is 0.0369 e. The maximum absolute atomic E-state index is 6.22. The summed E-state index contributed by atoms with van der Waals surface area (Å²) in [5.41, 5.74) is 7.79. The lowest BCUT2D eigenvalue weighted by atomic mass is 9.83. The summed E-state index contributed by atoms with van der Waals surface area (Å²) in [5, 5.41) is 0. The molecule has 1 heterocycles. The van der Waals surface area contributed by atoms with Crippen molar-refractivity contribution in [3.8, 4) is 0 Å². The van der Waals surface area contributed by atoms with E-state index in [9.17, 15) is 0 Å². The largest absolute Gasteiger partial charge is 0.329 e. The van der Waals surface area contributed by atoms with Gasteiger partial charge in [-0.1, -0.05) is 50.6 Å². The second-order valence-electron chi connectivity index (χ2n) is 6.28. The lowest BCUT2D eigenvalue weighted by Gasteiger charge is -2.46. The van der Waals surface area contributed by atoms with Crippen LogP contribution in [0.5, 0.6) is 0 Å². The van der Waals surface area contributed by atoms with Gasteiger partial charge in [0.25, 0.3) is 0 Å². The Labute approximate surface area is 124 Å². The minimum Gasteiger partial charge on any atom is -0.329 e. The van der Waals surface area contributed by atoms with Gasteiger partial charge in [-0.25, -0.2) is 0 Å². The molecule has 0 saturated carbocycles. The number of benzene rings is 1. The van der Waals surface area contributed by atoms with E-state index in [1.54, 1.807) is 0 Å². The van der Waals surface area contributed by atoms with Gasteiger partial charge in [-0.2, -0.15) is 0 Å². The molecule has 2 N–H and O–H groups in total. The van der Waals surface area contributed by atoms with Crippen LogP contribution >= 0.6 is 0 Å². The zero-order valence-corrected chi connectivity index (χ0v) is 13.1. The molecule has 0 spiro atoms. The van der Waals surface area contributed by atoms with E-state index >= 15 is 0 Å². The molecular weight excluding hydrogens is 244 g/mol. The third kappa shape index (κ3) is 3.42. The average molecular weight is 274 g/mol. The van der Waals surface area contributed by atoms with Gasteiger partial charge in [-0.3, -0.25) is 4.90 Å². The molecule has 112 valence electrons. The number of hydrogen-bond acceptors (Lipinski definition) is 2. The van der Waals surface area contributed by atoms with Crippen LogP contribution in [-0.2, 0) is 6.42 Å². The molecule has 1 fully saturated rings. The van der Waals surface area contributed by atoms with Gasteiger partial charge >= 0.3 is 0 Å². The molecule has 0 aromatic heterocycles. The van der Waals surface area contributed by atoms with Crippen molar-refractivity contribution in [3.63, 3.8) is 0 Å². The highest BCUT2D eigenvalue weighted by atomic mass is 15.2. The molecule has 1 unspecified atom stereocenters. The highest BCUT2D eigenvalue weighted by Crippen LogP contribution is 2.30. The summed E-state index contributed by atoms with van der Waals surface area (Å²) in [6.45, 7) is 7.81. The maximum atomic E-state index is 6.22. The molecule has 1 aromatic carbocycles. The Kier molecular flexibility index (Phi) is 5.62. The fourth-order valence-corrected chi connectivity index (χ4v) is 3.60. The topological polar surface area (TPSA) is 29.3 Å². The van der Waals surface area contributed by atoms with Crippen LogP contribution in [-0.4, -0.2) is 30.1 Å². The predicted octanol–water partition coefficient (Wildman–Crippen LogP) is 3.46. The van der Waals surface area contributed by atoms with Crippen LogP contribution in [0.15, 0.2) is 30.3 Å². The van der Waals surface area contributed by atoms with Crippen LogP contribution < -0.4 is 5.73 Å². The molecule has 1 atom stereocenters. The SMILES string of the molecule is CCC1CCN(C(CC)(CN)Cc2ccccc2)CC1. The molecular formula is C18H30N2. The Morgan fingerprint density at radius 2 is 1.80 bits per heavy atom. The molecule has 0 bridgehead atoms. The lowest BCUT2D eigenvalue weighted by molar-refractivity contribution is 0.0505. The van der Waals surface area contributed by atoms with Crippen LogP contribution in [0.25, 0.3) is 0 Å². The summed E-state index contributed by atoms with van der Waals surface area (Å²) in [5.74, 6) is 0.926. The molecule has 0 amide bonds. The first-order chi connectivity index (χ1) is 9.74. The third-order valence-corrected chi connectivity index (χ3v) is 5.28. The van der Waals surface area contributed by atoms with Crippen molar-refractivity contribution >= 4 is 0 Å². The second kappa shape index (κ2) is 7.24. The molecule has 0 aliphatic carbocycles.